The van der Waals surface area contributed by atoms with Crippen molar-refractivity contribution in [1.29, 1.82) is 0 Å². The first-order valence-corrected chi connectivity index (χ1v) is 5.98. The Labute approximate surface area is 96.2 Å². The van der Waals surface area contributed by atoms with Gasteiger partial charge in [0.1, 0.15) is 5.82 Å². The number of aryl methyl sites for hydroxylation is 1. The van der Waals surface area contributed by atoms with E-state index in [9.17, 15) is 4.39 Å². The van der Waals surface area contributed by atoms with E-state index < -0.39 is 0 Å². The van der Waals surface area contributed by atoms with Crippen molar-refractivity contribution in [3.63, 3.8) is 0 Å². The summed E-state index contributed by atoms with van der Waals surface area (Å²) in [6.45, 7) is 4.06. The van der Waals surface area contributed by atoms with Gasteiger partial charge in [-0.1, -0.05) is 0 Å². The summed E-state index contributed by atoms with van der Waals surface area (Å²) in [5.41, 5.74) is 1.87. The molecule has 1 aliphatic rings. The normalized spacial score (nSPS) is 21.5. The molecule has 0 spiro atoms. The number of halogens is 1. The number of hydrogen-bond acceptors (Lipinski definition) is 2. The van der Waals surface area contributed by atoms with Crippen LogP contribution in [0.2, 0.25) is 0 Å². The smallest absolute Gasteiger partial charge is 0.125 e. The monoisotopic (exact) mass is 222 g/mol. The molecule has 1 unspecified atom stereocenters. The van der Waals surface area contributed by atoms with Crippen molar-refractivity contribution in [2.75, 3.05) is 18.4 Å². The summed E-state index contributed by atoms with van der Waals surface area (Å²) >= 11 is 0. The molecule has 16 heavy (non-hydrogen) atoms. The average molecular weight is 222 g/mol. The second-order valence-electron chi connectivity index (χ2n) is 4.54. The highest BCUT2D eigenvalue weighted by Crippen LogP contribution is 2.17. The number of hydrogen-bond donors (Lipinski definition) is 2. The minimum atomic E-state index is -0.158. The van der Waals surface area contributed by atoms with Gasteiger partial charge < -0.3 is 10.6 Å². The quantitative estimate of drug-likeness (QED) is 0.804. The molecular formula is C13H19FN2. The van der Waals surface area contributed by atoms with Crippen LogP contribution in [0, 0.1) is 12.7 Å². The van der Waals surface area contributed by atoms with Crippen molar-refractivity contribution >= 4 is 5.69 Å². The van der Waals surface area contributed by atoms with E-state index in [1.165, 1.54) is 6.42 Å². The van der Waals surface area contributed by atoms with Crippen LogP contribution in [-0.2, 0) is 0 Å². The highest BCUT2D eigenvalue weighted by atomic mass is 19.1. The SMILES string of the molecule is Cc1cc(F)cc(NC2CCCNCC2)c1. The van der Waals surface area contributed by atoms with Crippen molar-refractivity contribution in [3.8, 4) is 0 Å². The molecule has 1 aromatic rings. The molecule has 0 radical (unpaired) electrons. The third-order valence-corrected chi connectivity index (χ3v) is 2.99. The molecular weight excluding hydrogens is 203 g/mol. The van der Waals surface area contributed by atoms with Crippen LogP contribution in [0.3, 0.4) is 0 Å². The molecule has 0 aliphatic carbocycles. The molecule has 0 aromatic heterocycles. The molecule has 2 N–H and O–H groups in total. The number of anilines is 1. The Kier molecular flexibility index (Phi) is 3.78. The van der Waals surface area contributed by atoms with E-state index in [4.69, 9.17) is 0 Å². The lowest BCUT2D eigenvalue weighted by Gasteiger charge is -2.17. The average Bonchev–Trinajstić information content (AvgIpc) is 2.44. The van der Waals surface area contributed by atoms with Crippen LogP contribution >= 0.6 is 0 Å². The highest BCUT2D eigenvalue weighted by Gasteiger charge is 2.11. The standard InChI is InChI=1S/C13H19FN2/c1-10-7-11(14)9-13(8-10)16-12-3-2-5-15-6-4-12/h7-9,12,15-16H,2-6H2,1H3. The predicted molar refractivity (Wildman–Crippen MR) is 65.3 cm³/mol. The second-order valence-corrected chi connectivity index (χ2v) is 4.54. The van der Waals surface area contributed by atoms with Crippen molar-refractivity contribution in [2.24, 2.45) is 0 Å². The molecule has 2 nitrogen and oxygen atoms in total. The molecule has 88 valence electrons. The summed E-state index contributed by atoms with van der Waals surface area (Å²) in [4.78, 5) is 0. The van der Waals surface area contributed by atoms with Crippen LogP contribution in [0.4, 0.5) is 10.1 Å². The van der Waals surface area contributed by atoms with E-state index >= 15 is 0 Å². The number of rotatable bonds is 2. The van der Waals surface area contributed by atoms with E-state index in [-0.39, 0.29) is 5.82 Å². The van der Waals surface area contributed by atoms with Crippen molar-refractivity contribution in [1.82, 2.24) is 5.32 Å². The van der Waals surface area contributed by atoms with Gasteiger partial charge >= 0.3 is 0 Å². The molecule has 1 heterocycles. The maximum atomic E-state index is 13.2. The third kappa shape index (κ3) is 3.20. The fraction of sp³-hybridized carbons (Fsp3) is 0.538. The summed E-state index contributed by atoms with van der Waals surface area (Å²) in [5.74, 6) is -0.158. The van der Waals surface area contributed by atoms with E-state index in [1.807, 2.05) is 13.0 Å². The zero-order valence-corrected chi connectivity index (χ0v) is 9.72. The van der Waals surface area contributed by atoms with Gasteiger partial charge in [-0.15, -0.1) is 0 Å². The van der Waals surface area contributed by atoms with E-state index in [0.29, 0.717) is 6.04 Å². The van der Waals surface area contributed by atoms with Gasteiger partial charge in [0.25, 0.3) is 0 Å². The van der Waals surface area contributed by atoms with Gasteiger partial charge in [-0.3, -0.25) is 0 Å². The Morgan fingerprint density at radius 3 is 2.94 bits per heavy atom. The second kappa shape index (κ2) is 5.30. The highest BCUT2D eigenvalue weighted by molar-refractivity contribution is 5.46. The van der Waals surface area contributed by atoms with Crippen molar-refractivity contribution < 1.29 is 4.39 Å². The summed E-state index contributed by atoms with van der Waals surface area (Å²) in [7, 11) is 0. The molecule has 0 bridgehead atoms. The van der Waals surface area contributed by atoms with E-state index in [0.717, 1.165) is 37.2 Å². The first-order valence-electron chi connectivity index (χ1n) is 5.98. The molecule has 1 fully saturated rings. The molecule has 1 aromatic carbocycles. The van der Waals surface area contributed by atoms with Crippen molar-refractivity contribution in [2.45, 2.75) is 32.2 Å². The maximum Gasteiger partial charge on any atom is 0.125 e. The molecule has 3 heteroatoms. The minimum absolute atomic E-state index is 0.158. The van der Waals surface area contributed by atoms with Gasteiger partial charge in [-0.05, 0) is 63.0 Å². The Morgan fingerprint density at radius 1 is 1.25 bits per heavy atom. The fourth-order valence-corrected chi connectivity index (χ4v) is 2.22. The summed E-state index contributed by atoms with van der Waals surface area (Å²) in [5, 5.41) is 6.79. The lowest BCUT2D eigenvalue weighted by Crippen LogP contribution is -2.21. The van der Waals surface area contributed by atoms with Crippen LogP contribution in [0.15, 0.2) is 18.2 Å². The number of nitrogens with one attached hydrogen (secondary N) is 2. The molecule has 2 rings (SSSR count). The van der Waals surface area contributed by atoms with Gasteiger partial charge in [-0.25, -0.2) is 4.39 Å². The Morgan fingerprint density at radius 2 is 2.12 bits per heavy atom. The Bertz CT molecular complexity index is 324. The largest absolute Gasteiger partial charge is 0.382 e. The van der Waals surface area contributed by atoms with Gasteiger partial charge in [0, 0.05) is 11.7 Å². The first-order chi connectivity index (χ1) is 7.74. The molecule has 0 saturated carbocycles. The van der Waals surface area contributed by atoms with E-state index in [2.05, 4.69) is 10.6 Å². The first kappa shape index (κ1) is 11.4. The lowest BCUT2D eigenvalue weighted by atomic mass is 10.1. The Balaban J connectivity index is 2.01. The zero-order valence-electron chi connectivity index (χ0n) is 9.72. The van der Waals surface area contributed by atoms with Crippen molar-refractivity contribution in [3.05, 3.63) is 29.6 Å². The predicted octanol–water partition coefficient (Wildman–Crippen LogP) is 2.69. The zero-order chi connectivity index (χ0) is 11.4. The maximum absolute atomic E-state index is 13.2. The topological polar surface area (TPSA) is 24.1 Å². The Hall–Kier alpha value is -1.09. The summed E-state index contributed by atoms with van der Waals surface area (Å²) in [6, 6.07) is 5.60. The van der Waals surface area contributed by atoms with Crippen LogP contribution in [0.1, 0.15) is 24.8 Å². The van der Waals surface area contributed by atoms with Gasteiger partial charge in [-0.2, -0.15) is 0 Å². The van der Waals surface area contributed by atoms with Crippen LogP contribution in [0.25, 0.3) is 0 Å². The van der Waals surface area contributed by atoms with Crippen LogP contribution < -0.4 is 10.6 Å². The molecule has 1 aliphatic heterocycles. The van der Waals surface area contributed by atoms with E-state index in [1.54, 1.807) is 12.1 Å². The summed E-state index contributed by atoms with van der Waals surface area (Å²) < 4.78 is 13.2. The van der Waals surface area contributed by atoms with Gasteiger partial charge in [0.15, 0.2) is 0 Å². The third-order valence-electron chi connectivity index (χ3n) is 2.99. The minimum Gasteiger partial charge on any atom is -0.382 e. The summed E-state index contributed by atoms with van der Waals surface area (Å²) in [6.07, 6.45) is 3.45. The molecule has 1 saturated heterocycles. The lowest BCUT2D eigenvalue weighted by molar-refractivity contribution is 0.620. The van der Waals surface area contributed by atoms with Gasteiger partial charge in [0.2, 0.25) is 0 Å². The van der Waals surface area contributed by atoms with Crippen LogP contribution in [0.5, 0.6) is 0 Å². The fourth-order valence-electron chi connectivity index (χ4n) is 2.22. The van der Waals surface area contributed by atoms with Crippen LogP contribution in [-0.4, -0.2) is 19.1 Å². The number of benzene rings is 1. The van der Waals surface area contributed by atoms with Gasteiger partial charge in [0.05, 0.1) is 0 Å². The molecule has 1 atom stereocenters. The molecule has 0 amide bonds.